The normalized spacial score (nSPS) is 15.5. The molecule has 0 saturated heterocycles. The molecule has 5 amide bonds. The van der Waals surface area contributed by atoms with E-state index < -0.39 is 47.8 Å². The number of primary amides is 1. The molecule has 0 fully saturated rings. The lowest BCUT2D eigenvalue weighted by Gasteiger charge is -2.28. The number of hydrogen-bond acceptors (Lipinski definition) is 6. The van der Waals surface area contributed by atoms with Crippen LogP contribution in [0.25, 0.3) is 0 Å². The number of ether oxygens (including phenoxy) is 1. The molecule has 0 aliphatic carbocycles. The number of carbonyl (C=O) groups excluding carboxylic acids is 5. The lowest BCUT2D eigenvalue weighted by atomic mass is 10.0. The van der Waals surface area contributed by atoms with Crippen molar-refractivity contribution in [2.45, 2.75) is 32.9 Å². The van der Waals surface area contributed by atoms with Crippen molar-refractivity contribution in [3.63, 3.8) is 0 Å². The number of urea groups is 1. The fourth-order valence-corrected chi connectivity index (χ4v) is 2.66. The Hall–Kier alpha value is -3.23. The third-order valence-electron chi connectivity index (χ3n) is 3.89. The van der Waals surface area contributed by atoms with Crippen LogP contribution in [-0.4, -0.2) is 46.8 Å². The van der Waals surface area contributed by atoms with Gasteiger partial charge in [0.05, 0.1) is 11.1 Å². The van der Waals surface area contributed by atoms with Gasteiger partial charge in [0, 0.05) is 0 Å². The van der Waals surface area contributed by atoms with Gasteiger partial charge >= 0.3 is 12.0 Å². The number of carbonyl (C=O) groups is 5. The molecule has 2 atom stereocenters. The highest BCUT2D eigenvalue weighted by Crippen LogP contribution is 2.27. The SMILES string of the molecule is CC(C)[C@H](C(=O)O[C@@H](C)C(=O)NC(N)=O)N1C(=O)c2ccccc2C1=O. The van der Waals surface area contributed by atoms with Crippen molar-refractivity contribution in [1.82, 2.24) is 10.2 Å². The molecule has 9 nitrogen and oxygen atoms in total. The number of esters is 1. The van der Waals surface area contributed by atoms with Gasteiger partial charge in [0.1, 0.15) is 6.04 Å². The van der Waals surface area contributed by atoms with Gasteiger partial charge in [0.2, 0.25) is 0 Å². The highest BCUT2D eigenvalue weighted by atomic mass is 16.5. The van der Waals surface area contributed by atoms with Crippen LogP contribution in [0, 0.1) is 5.92 Å². The summed E-state index contributed by atoms with van der Waals surface area (Å²) in [6.07, 6.45) is -1.33. The first kappa shape index (κ1) is 19.1. The van der Waals surface area contributed by atoms with Crippen LogP contribution >= 0.6 is 0 Å². The molecule has 138 valence electrons. The smallest absolute Gasteiger partial charge is 0.330 e. The minimum Gasteiger partial charge on any atom is -0.451 e. The van der Waals surface area contributed by atoms with E-state index in [2.05, 4.69) is 0 Å². The molecule has 9 heteroatoms. The summed E-state index contributed by atoms with van der Waals surface area (Å²) < 4.78 is 5.04. The van der Waals surface area contributed by atoms with E-state index in [1.807, 2.05) is 0 Å². The van der Waals surface area contributed by atoms with E-state index >= 15 is 0 Å². The number of nitrogens with one attached hydrogen (secondary N) is 1. The maximum absolute atomic E-state index is 12.6. The molecule has 2 rings (SSSR count). The summed E-state index contributed by atoms with van der Waals surface area (Å²) >= 11 is 0. The summed E-state index contributed by atoms with van der Waals surface area (Å²) in [7, 11) is 0. The van der Waals surface area contributed by atoms with Crippen LogP contribution in [0.15, 0.2) is 24.3 Å². The van der Waals surface area contributed by atoms with Gasteiger partial charge in [-0.05, 0) is 25.0 Å². The Morgan fingerprint density at radius 1 is 1.04 bits per heavy atom. The molecule has 0 spiro atoms. The van der Waals surface area contributed by atoms with Gasteiger partial charge in [-0.25, -0.2) is 9.59 Å². The van der Waals surface area contributed by atoms with Crippen LogP contribution in [0.2, 0.25) is 0 Å². The van der Waals surface area contributed by atoms with Crippen molar-refractivity contribution in [1.29, 1.82) is 0 Å². The van der Waals surface area contributed by atoms with Gasteiger partial charge in [0.15, 0.2) is 6.10 Å². The van der Waals surface area contributed by atoms with Crippen LogP contribution in [-0.2, 0) is 14.3 Å². The van der Waals surface area contributed by atoms with Crippen molar-refractivity contribution in [3.05, 3.63) is 35.4 Å². The molecule has 1 aromatic carbocycles. The summed E-state index contributed by atoms with van der Waals surface area (Å²) in [6, 6.07) is 3.94. The number of nitrogens with zero attached hydrogens (tertiary/aromatic N) is 1. The summed E-state index contributed by atoms with van der Waals surface area (Å²) in [5.74, 6) is -3.50. The fraction of sp³-hybridized carbons (Fsp3) is 0.353. The van der Waals surface area contributed by atoms with E-state index in [0.717, 1.165) is 4.90 Å². The molecular weight excluding hydrogens is 342 g/mol. The average Bonchev–Trinajstić information content (AvgIpc) is 2.80. The first-order chi connectivity index (χ1) is 12.1. The quantitative estimate of drug-likeness (QED) is 0.577. The van der Waals surface area contributed by atoms with Gasteiger partial charge in [-0.1, -0.05) is 26.0 Å². The summed E-state index contributed by atoms with van der Waals surface area (Å²) in [5.41, 5.74) is 5.25. The van der Waals surface area contributed by atoms with Crippen molar-refractivity contribution in [2.75, 3.05) is 0 Å². The molecule has 1 heterocycles. The molecule has 1 aromatic rings. The maximum atomic E-state index is 12.6. The van der Waals surface area contributed by atoms with Gasteiger partial charge in [0.25, 0.3) is 17.7 Å². The largest absolute Gasteiger partial charge is 0.451 e. The summed E-state index contributed by atoms with van der Waals surface area (Å²) in [4.78, 5) is 60.9. The molecule has 0 bridgehead atoms. The number of nitrogens with two attached hydrogens (primary N) is 1. The van der Waals surface area contributed by atoms with Crippen LogP contribution in [0.5, 0.6) is 0 Å². The van der Waals surface area contributed by atoms with Crippen molar-refractivity contribution in [2.24, 2.45) is 11.7 Å². The van der Waals surface area contributed by atoms with E-state index in [1.165, 1.54) is 19.1 Å². The van der Waals surface area contributed by atoms with E-state index in [4.69, 9.17) is 10.5 Å². The molecule has 3 N–H and O–H groups in total. The maximum Gasteiger partial charge on any atom is 0.330 e. The predicted molar refractivity (Wildman–Crippen MR) is 88.8 cm³/mol. The van der Waals surface area contributed by atoms with Gasteiger partial charge < -0.3 is 10.5 Å². The average molecular weight is 361 g/mol. The van der Waals surface area contributed by atoms with Crippen LogP contribution < -0.4 is 11.1 Å². The number of amides is 5. The van der Waals surface area contributed by atoms with Crippen LogP contribution in [0.4, 0.5) is 4.79 Å². The molecule has 0 radical (unpaired) electrons. The zero-order valence-electron chi connectivity index (χ0n) is 14.5. The number of benzene rings is 1. The van der Waals surface area contributed by atoms with Crippen LogP contribution in [0.1, 0.15) is 41.5 Å². The topological polar surface area (TPSA) is 136 Å². The zero-order chi connectivity index (χ0) is 19.6. The zero-order valence-corrected chi connectivity index (χ0v) is 14.5. The monoisotopic (exact) mass is 361 g/mol. The highest BCUT2D eigenvalue weighted by Gasteiger charge is 2.45. The van der Waals surface area contributed by atoms with E-state index in [0.29, 0.717) is 0 Å². The number of fused-ring (bicyclic) bond motifs is 1. The predicted octanol–water partition coefficient (Wildman–Crippen LogP) is 0.434. The number of hydrogen-bond donors (Lipinski definition) is 2. The molecule has 26 heavy (non-hydrogen) atoms. The Morgan fingerprint density at radius 2 is 1.54 bits per heavy atom. The molecule has 1 aliphatic rings. The van der Waals surface area contributed by atoms with E-state index in [1.54, 1.807) is 31.3 Å². The Balaban J connectivity index is 2.23. The first-order valence-electron chi connectivity index (χ1n) is 7.92. The molecule has 0 saturated carbocycles. The van der Waals surface area contributed by atoms with Crippen LogP contribution in [0.3, 0.4) is 0 Å². The van der Waals surface area contributed by atoms with E-state index in [-0.39, 0.29) is 11.1 Å². The Bertz CT molecular complexity index is 753. The van der Waals surface area contributed by atoms with Crippen molar-refractivity contribution in [3.8, 4) is 0 Å². The Labute approximate surface area is 149 Å². The Morgan fingerprint density at radius 3 is 1.96 bits per heavy atom. The fourth-order valence-electron chi connectivity index (χ4n) is 2.66. The standard InChI is InChI=1S/C17H19N3O6/c1-8(2)12(16(24)26-9(3)13(21)19-17(18)25)20-14(22)10-6-4-5-7-11(10)15(20)23/h4-9,12H,1-3H3,(H3,18,19,21,25)/t9-,12+/m0/s1. The second-order valence-corrected chi connectivity index (χ2v) is 6.15. The first-order valence-corrected chi connectivity index (χ1v) is 7.92. The number of imide groups is 2. The summed E-state index contributed by atoms with van der Waals surface area (Å²) in [5, 5.41) is 1.79. The second-order valence-electron chi connectivity index (χ2n) is 6.15. The van der Waals surface area contributed by atoms with Gasteiger partial charge in [-0.15, -0.1) is 0 Å². The third-order valence-corrected chi connectivity index (χ3v) is 3.89. The lowest BCUT2D eigenvalue weighted by molar-refractivity contribution is -0.159. The van der Waals surface area contributed by atoms with Crippen molar-refractivity contribution < 1.29 is 28.7 Å². The minimum atomic E-state index is -1.33. The van der Waals surface area contributed by atoms with Gasteiger partial charge in [-0.3, -0.25) is 24.6 Å². The second kappa shape index (κ2) is 7.34. The molecular formula is C17H19N3O6. The van der Waals surface area contributed by atoms with Crippen molar-refractivity contribution >= 4 is 29.7 Å². The van der Waals surface area contributed by atoms with Gasteiger partial charge in [-0.2, -0.15) is 0 Å². The summed E-state index contributed by atoms with van der Waals surface area (Å²) in [6.45, 7) is 4.53. The van der Waals surface area contributed by atoms with E-state index in [9.17, 15) is 24.0 Å². The third kappa shape index (κ3) is 3.56. The number of rotatable bonds is 5. The highest BCUT2D eigenvalue weighted by molar-refractivity contribution is 6.22. The Kier molecular flexibility index (Phi) is 5.39. The molecule has 0 unspecified atom stereocenters. The lowest BCUT2D eigenvalue weighted by Crippen LogP contribution is -2.50. The molecule has 1 aliphatic heterocycles. The minimum absolute atomic E-state index is 0.204. The molecule has 0 aromatic heterocycles.